The van der Waals surface area contributed by atoms with Crippen LogP contribution in [-0.2, 0) is 20.7 Å². The molecule has 0 fully saturated rings. The summed E-state index contributed by atoms with van der Waals surface area (Å²) in [5, 5.41) is 1.53. The second-order valence-electron chi connectivity index (χ2n) is 15.4. The first-order valence-electron chi connectivity index (χ1n) is 17.0. The molecule has 1 aliphatic heterocycles. The van der Waals surface area contributed by atoms with Gasteiger partial charge in [0.15, 0.2) is 9.84 Å². The molecule has 3 aliphatic rings. The van der Waals surface area contributed by atoms with Gasteiger partial charge >= 0.3 is 0 Å². The molecule has 1 spiro atoms. The molecule has 242 valence electrons. The fourth-order valence-electron chi connectivity index (χ4n) is 9.31. The van der Waals surface area contributed by atoms with Gasteiger partial charge in [0.25, 0.3) is 0 Å². The van der Waals surface area contributed by atoms with Crippen molar-refractivity contribution in [2.45, 2.75) is 113 Å². The molecule has 0 saturated heterocycles. The molecule has 0 saturated carbocycles. The van der Waals surface area contributed by atoms with Gasteiger partial charge in [-0.3, -0.25) is 0 Å². The summed E-state index contributed by atoms with van der Waals surface area (Å²) >= 11 is 0. The molecular weight excluding hydrogens is 593 g/mol. The number of rotatable bonds is 0. The summed E-state index contributed by atoms with van der Waals surface area (Å²) < 4.78 is 28.4. The van der Waals surface area contributed by atoms with Crippen molar-refractivity contribution in [1.29, 1.82) is 0 Å². The minimum Gasteiger partial charge on any atom is -0.219 e. The van der Waals surface area contributed by atoms with Crippen molar-refractivity contribution in [3.8, 4) is 22.3 Å². The first-order valence-corrected chi connectivity index (χ1v) is 18.5. The Hall–Kier alpha value is -3.69. The van der Waals surface area contributed by atoms with E-state index in [1.54, 1.807) is 0 Å². The SMILES string of the molecule is Cc1c(C)c(C)c2c(c1C)-c1c(C)c(C)c(C)c(C)c1C1(C=CS(=O)(=O)c3cc4c(cc31)C(C)(C)C=C4)c1c(C)c(C)c(C)c(C)c1-2. The number of fused-ring (bicyclic) bond motifs is 10. The molecule has 0 aromatic heterocycles. The minimum atomic E-state index is -3.69. The van der Waals surface area contributed by atoms with Crippen LogP contribution in [-0.4, -0.2) is 8.42 Å². The van der Waals surface area contributed by atoms with E-state index in [4.69, 9.17) is 0 Å². The summed E-state index contributed by atoms with van der Waals surface area (Å²) in [6.45, 7) is 31.7. The Kier molecular flexibility index (Phi) is 6.58. The Bertz CT molecular complexity index is 2240. The lowest BCUT2D eigenvalue weighted by atomic mass is 9.62. The zero-order valence-electron chi connectivity index (χ0n) is 30.7. The number of allylic oxidation sites excluding steroid dienone is 2. The van der Waals surface area contributed by atoms with Gasteiger partial charge in [-0.1, -0.05) is 38.1 Å². The number of benzene rings is 4. The topological polar surface area (TPSA) is 34.1 Å². The summed E-state index contributed by atoms with van der Waals surface area (Å²) in [5.41, 5.74) is 25.1. The number of hydrogen-bond donors (Lipinski definition) is 0. The van der Waals surface area contributed by atoms with Gasteiger partial charge < -0.3 is 0 Å². The van der Waals surface area contributed by atoms with E-state index in [9.17, 15) is 8.42 Å². The van der Waals surface area contributed by atoms with Crippen LogP contribution in [0.4, 0.5) is 0 Å². The Morgan fingerprint density at radius 3 is 1.32 bits per heavy atom. The van der Waals surface area contributed by atoms with Gasteiger partial charge in [0.1, 0.15) is 0 Å². The van der Waals surface area contributed by atoms with Crippen LogP contribution in [0.1, 0.15) is 108 Å². The Morgan fingerprint density at radius 2 is 0.872 bits per heavy atom. The van der Waals surface area contributed by atoms with Crippen LogP contribution < -0.4 is 0 Å². The molecule has 0 bridgehead atoms. The van der Waals surface area contributed by atoms with Gasteiger partial charge in [-0.05, 0) is 206 Å². The molecule has 0 N–H and O–H groups in total. The van der Waals surface area contributed by atoms with E-state index in [2.05, 4.69) is 121 Å². The molecule has 7 rings (SSSR count). The highest BCUT2D eigenvalue weighted by molar-refractivity contribution is 7.94. The summed E-state index contributed by atoms with van der Waals surface area (Å²) in [6.07, 6.45) is 6.39. The largest absolute Gasteiger partial charge is 0.219 e. The van der Waals surface area contributed by atoms with Gasteiger partial charge in [0.05, 0.1) is 10.3 Å². The summed E-state index contributed by atoms with van der Waals surface area (Å²) in [7, 11) is -3.69. The Labute approximate surface area is 282 Å². The van der Waals surface area contributed by atoms with Crippen LogP contribution in [0.2, 0.25) is 0 Å². The van der Waals surface area contributed by atoms with E-state index < -0.39 is 15.3 Å². The summed E-state index contributed by atoms with van der Waals surface area (Å²) in [4.78, 5) is 0.426. The highest BCUT2D eigenvalue weighted by Gasteiger charge is 2.50. The van der Waals surface area contributed by atoms with Crippen LogP contribution in [0, 0.1) is 83.1 Å². The van der Waals surface area contributed by atoms with Crippen molar-refractivity contribution >= 4 is 15.9 Å². The highest BCUT2D eigenvalue weighted by Crippen LogP contribution is 2.61. The lowest BCUT2D eigenvalue weighted by Gasteiger charge is -2.42. The van der Waals surface area contributed by atoms with E-state index in [0.29, 0.717) is 4.90 Å². The standard InChI is InChI=1S/C44H48O2S/c1-21-22(2)28(8)38-37(27(21)7)39-29(9)23(3)25(5)31(11)41(39)44(42-32(12)26(6)24(4)30(10)40(38)42)17-18-47(45,46)36-19-33-15-16-43(13,14)34(33)20-35(36)44/h15-20H,1-14H3. The highest BCUT2D eigenvalue weighted by atomic mass is 32.2. The third kappa shape index (κ3) is 3.75. The fraction of sp³-hybridized carbons (Fsp3) is 0.364. The van der Waals surface area contributed by atoms with Gasteiger partial charge in [-0.25, -0.2) is 8.42 Å². The minimum absolute atomic E-state index is 0.209. The van der Waals surface area contributed by atoms with E-state index in [-0.39, 0.29) is 5.41 Å². The monoisotopic (exact) mass is 640 g/mol. The molecule has 2 aliphatic carbocycles. The van der Waals surface area contributed by atoms with Crippen molar-refractivity contribution in [3.05, 3.63) is 124 Å². The van der Waals surface area contributed by atoms with Crippen LogP contribution in [0.15, 0.2) is 34.6 Å². The predicted molar refractivity (Wildman–Crippen MR) is 199 cm³/mol. The van der Waals surface area contributed by atoms with Crippen molar-refractivity contribution < 1.29 is 8.42 Å². The third-order valence-corrected chi connectivity index (χ3v) is 14.6. The van der Waals surface area contributed by atoms with Gasteiger partial charge in [-0.15, -0.1) is 0 Å². The summed E-state index contributed by atoms with van der Waals surface area (Å²) in [5.74, 6) is 0. The summed E-state index contributed by atoms with van der Waals surface area (Å²) in [6, 6.07) is 4.23. The van der Waals surface area contributed by atoms with Crippen LogP contribution in [0.25, 0.3) is 28.3 Å². The smallest absolute Gasteiger partial charge is 0.199 e. The first-order chi connectivity index (χ1) is 21.8. The van der Waals surface area contributed by atoms with Crippen LogP contribution in [0.5, 0.6) is 0 Å². The van der Waals surface area contributed by atoms with Crippen molar-refractivity contribution in [3.63, 3.8) is 0 Å². The van der Waals surface area contributed by atoms with E-state index >= 15 is 0 Å². The number of hydrogen-bond acceptors (Lipinski definition) is 2. The van der Waals surface area contributed by atoms with E-state index in [1.165, 1.54) is 111 Å². The zero-order valence-corrected chi connectivity index (χ0v) is 31.5. The van der Waals surface area contributed by atoms with Crippen molar-refractivity contribution in [1.82, 2.24) is 0 Å². The van der Waals surface area contributed by atoms with Crippen molar-refractivity contribution in [2.24, 2.45) is 0 Å². The lowest BCUT2D eigenvalue weighted by molar-refractivity contribution is 0.595. The molecule has 47 heavy (non-hydrogen) atoms. The molecule has 0 atom stereocenters. The fourth-order valence-corrected chi connectivity index (χ4v) is 10.7. The molecule has 0 radical (unpaired) electrons. The molecule has 3 heteroatoms. The average molecular weight is 641 g/mol. The average Bonchev–Trinajstić information content (AvgIpc) is 3.26. The normalized spacial score (nSPS) is 17.2. The van der Waals surface area contributed by atoms with Crippen molar-refractivity contribution in [2.75, 3.05) is 0 Å². The van der Waals surface area contributed by atoms with Crippen LogP contribution >= 0.6 is 0 Å². The van der Waals surface area contributed by atoms with E-state index in [0.717, 1.165) is 11.1 Å². The molecule has 4 aromatic carbocycles. The predicted octanol–water partition coefficient (Wildman–Crippen LogP) is 11.0. The third-order valence-electron chi connectivity index (χ3n) is 13.1. The molecule has 0 unspecified atom stereocenters. The van der Waals surface area contributed by atoms with Gasteiger partial charge in [-0.2, -0.15) is 0 Å². The first kappa shape index (κ1) is 31.9. The number of sulfone groups is 1. The van der Waals surface area contributed by atoms with Crippen LogP contribution in [0.3, 0.4) is 0 Å². The zero-order chi connectivity index (χ0) is 34.4. The maximum Gasteiger partial charge on any atom is 0.199 e. The quantitative estimate of drug-likeness (QED) is 0.192. The maximum absolute atomic E-state index is 14.2. The van der Waals surface area contributed by atoms with Gasteiger partial charge in [0.2, 0.25) is 0 Å². The second-order valence-corrected chi connectivity index (χ2v) is 17.2. The molecule has 4 aromatic rings. The maximum atomic E-state index is 14.2. The molecule has 0 amide bonds. The second kappa shape index (κ2) is 9.69. The Balaban J connectivity index is 1.90. The molecule has 2 nitrogen and oxygen atoms in total. The molecule has 1 heterocycles. The van der Waals surface area contributed by atoms with E-state index in [1.807, 2.05) is 6.07 Å². The Morgan fingerprint density at radius 1 is 0.468 bits per heavy atom. The van der Waals surface area contributed by atoms with Gasteiger partial charge in [0, 0.05) is 10.8 Å². The lowest BCUT2D eigenvalue weighted by Crippen LogP contribution is -2.35. The molecular formula is C44H48O2S.